The minimum absolute atomic E-state index is 0.125. The Labute approximate surface area is 210 Å². The number of thioether (sulfide) groups is 1. The number of carbonyl (C=O) groups is 2. The molecular formula is C26H31N3O5S. The third-order valence-corrected chi connectivity index (χ3v) is 7.14. The topological polar surface area (TPSA) is 80.3 Å². The summed E-state index contributed by atoms with van der Waals surface area (Å²) in [6.45, 7) is 4.98. The fourth-order valence-electron chi connectivity index (χ4n) is 4.06. The van der Waals surface area contributed by atoms with Crippen LogP contribution in [0.3, 0.4) is 0 Å². The first kappa shape index (κ1) is 25.1. The summed E-state index contributed by atoms with van der Waals surface area (Å²) in [5.41, 5.74) is 2.11. The van der Waals surface area contributed by atoms with Crippen molar-refractivity contribution in [3.05, 3.63) is 52.4 Å². The molecule has 0 spiro atoms. The molecule has 2 heterocycles. The molecule has 0 unspecified atom stereocenters. The molecule has 2 aromatic carbocycles. The highest BCUT2D eigenvalue weighted by Gasteiger charge is 2.27. The van der Waals surface area contributed by atoms with E-state index in [4.69, 9.17) is 14.2 Å². The van der Waals surface area contributed by atoms with Crippen LogP contribution in [0.4, 0.5) is 5.69 Å². The van der Waals surface area contributed by atoms with E-state index in [9.17, 15) is 9.59 Å². The van der Waals surface area contributed by atoms with Gasteiger partial charge < -0.3 is 24.4 Å². The standard InChI is InChI=1S/C26H31N3O5S/c1-28-20-17-19(25(30)27-9-4-10-29-11-13-34-14-12-29)6-8-23(20)35-24(26(28)31)16-18-5-7-21(32-2)22(15-18)33-3/h5-8,15-17H,4,9-14H2,1-3H3,(H,27,30)/b24-16-. The summed E-state index contributed by atoms with van der Waals surface area (Å²) in [7, 11) is 4.90. The molecule has 2 aromatic rings. The van der Waals surface area contributed by atoms with Gasteiger partial charge in [-0.3, -0.25) is 14.5 Å². The van der Waals surface area contributed by atoms with Gasteiger partial charge >= 0.3 is 0 Å². The second-order valence-corrected chi connectivity index (χ2v) is 9.42. The summed E-state index contributed by atoms with van der Waals surface area (Å²) < 4.78 is 16.0. The van der Waals surface area contributed by atoms with Gasteiger partial charge in [0.1, 0.15) is 0 Å². The SMILES string of the molecule is COc1ccc(/C=C2\Sc3ccc(C(=O)NCCCN4CCOCC4)cc3N(C)C2=O)cc1OC. The van der Waals surface area contributed by atoms with Gasteiger partial charge in [-0.1, -0.05) is 17.8 Å². The van der Waals surface area contributed by atoms with Gasteiger partial charge in [0.05, 0.1) is 38.0 Å². The van der Waals surface area contributed by atoms with Crippen molar-refractivity contribution in [1.29, 1.82) is 0 Å². The number of nitrogens with zero attached hydrogens (tertiary/aromatic N) is 2. The zero-order chi connectivity index (χ0) is 24.8. The van der Waals surface area contributed by atoms with E-state index >= 15 is 0 Å². The lowest BCUT2D eigenvalue weighted by molar-refractivity contribution is -0.114. The Morgan fingerprint density at radius 3 is 2.63 bits per heavy atom. The van der Waals surface area contributed by atoms with Gasteiger partial charge in [-0.25, -0.2) is 0 Å². The van der Waals surface area contributed by atoms with Crippen LogP contribution < -0.4 is 19.7 Å². The first-order chi connectivity index (χ1) is 17.0. The molecule has 2 aliphatic rings. The van der Waals surface area contributed by atoms with Crippen molar-refractivity contribution in [2.75, 3.05) is 65.6 Å². The number of fused-ring (bicyclic) bond motifs is 1. The van der Waals surface area contributed by atoms with Crippen molar-refractivity contribution >= 4 is 35.3 Å². The normalized spacial score (nSPS) is 17.3. The number of carbonyl (C=O) groups excluding carboxylic acids is 2. The largest absolute Gasteiger partial charge is 0.493 e. The molecule has 1 saturated heterocycles. The highest BCUT2D eigenvalue weighted by Crippen LogP contribution is 2.42. The van der Waals surface area contributed by atoms with Crippen molar-refractivity contribution in [2.45, 2.75) is 11.3 Å². The first-order valence-electron chi connectivity index (χ1n) is 11.6. The molecule has 35 heavy (non-hydrogen) atoms. The number of morpholine rings is 1. The molecule has 0 radical (unpaired) electrons. The molecule has 4 rings (SSSR count). The van der Waals surface area contributed by atoms with Gasteiger partial charge in [0.15, 0.2) is 11.5 Å². The number of nitrogens with one attached hydrogen (secondary N) is 1. The quantitative estimate of drug-likeness (QED) is 0.443. The van der Waals surface area contributed by atoms with E-state index < -0.39 is 0 Å². The number of amides is 2. The summed E-state index contributed by atoms with van der Waals surface area (Å²) in [6.07, 6.45) is 2.72. The number of benzene rings is 2. The number of ether oxygens (including phenoxy) is 3. The smallest absolute Gasteiger partial charge is 0.264 e. The summed E-state index contributed by atoms with van der Waals surface area (Å²) in [5.74, 6) is 0.976. The Balaban J connectivity index is 1.42. The van der Waals surface area contributed by atoms with E-state index in [0.29, 0.717) is 28.5 Å². The van der Waals surface area contributed by atoms with Crippen LogP contribution in [0.15, 0.2) is 46.2 Å². The second-order valence-electron chi connectivity index (χ2n) is 8.34. The zero-order valence-electron chi connectivity index (χ0n) is 20.3. The van der Waals surface area contributed by atoms with E-state index in [1.165, 1.54) is 11.8 Å². The molecule has 186 valence electrons. The fourth-order valence-corrected chi connectivity index (χ4v) is 5.15. The molecule has 2 aliphatic heterocycles. The van der Waals surface area contributed by atoms with E-state index in [-0.39, 0.29) is 11.8 Å². The van der Waals surface area contributed by atoms with Crippen molar-refractivity contribution in [2.24, 2.45) is 0 Å². The van der Waals surface area contributed by atoms with Gasteiger partial charge in [0.2, 0.25) is 0 Å². The summed E-state index contributed by atoms with van der Waals surface area (Å²) in [4.78, 5) is 31.2. The third-order valence-electron chi connectivity index (χ3n) is 6.06. The van der Waals surface area contributed by atoms with E-state index in [1.54, 1.807) is 38.3 Å². The molecule has 0 aliphatic carbocycles. The van der Waals surface area contributed by atoms with Crippen LogP contribution in [0.2, 0.25) is 0 Å². The molecule has 0 atom stereocenters. The number of hydrogen-bond acceptors (Lipinski definition) is 7. The van der Waals surface area contributed by atoms with Crippen molar-refractivity contribution < 1.29 is 23.8 Å². The Kier molecular flexibility index (Phi) is 8.33. The molecule has 1 fully saturated rings. The molecule has 9 heteroatoms. The highest BCUT2D eigenvalue weighted by atomic mass is 32.2. The maximum absolute atomic E-state index is 13.1. The van der Waals surface area contributed by atoms with Crippen molar-refractivity contribution in [3.8, 4) is 11.5 Å². The van der Waals surface area contributed by atoms with Crippen LogP contribution in [-0.2, 0) is 9.53 Å². The predicted octanol–water partition coefficient (Wildman–Crippen LogP) is 3.27. The average Bonchev–Trinajstić information content (AvgIpc) is 2.89. The Morgan fingerprint density at radius 1 is 1.11 bits per heavy atom. The Hall–Kier alpha value is -3.01. The first-order valence-corrected chi connectivity index (χ1v) is 12.4. The molecule has 1 N–H and O–H groups in total. The maximum Gasteiger partial charge on any atom is 0.264 e. The number of anilines is 1. The van der Waals surface area contributed by atoms with Gasteiger partial charge in [-0.15, -0.1) is 0 Å². The van der Waals surface area contributed by atoms with Crippen LogP contribution in [0.1, 0.15) is 22.3 Å². The number of hydrogen-bond donors (Lipinski definition) is 1. The highest BCUT2D eigenvalue weighted by molar-refractivity contribution is 8.04. The minimum atomic E-state index is -0.132. The molecule has 8 nitrogen and oxygen atoms in total. The van der Waals surface area contributed by atoms with Crippen molar-refractivity contribution in [1.82, 2.24) is 10.2 Å². The Bertz CT molecular complexity index is 1110. The van der Waals surface area contributed by atoms with Crippen molar-refractivity contribution in [3.63, 3.8) is 0 Å². The lowest BCUT2D eigenvalue weighted by Crippen LogP contribution is -2.38. The molecule has 0 saturated carbocycles. The van der Waals surface area contributed by atoms with Gasteiger partial charge in [-0.2, -0.15) is 0 Å². The molecular weight excluding hydrogens is 466 g/mol. The number of likely N-dealkylation sites (N-methyl/N-ethyl adjacent to an activating group) is 1. The lowest BCUT2D eigenvalue weighted by Gasteiger charge is -2.27. The predicted molar refractivity (Wildman–Crippen MR) is 137 cm³/mol. The summed E-state index contributed by atoms with van der Waals surface area (Å²) >= 11 is 1.40. The average molecular weight is 498 g/mol. The summed E-state index contributed by atoms with van der Waals surface area (Å²) in [5, 5.41) is 2.99. The van der Waals surface area contributed by atoms with E-state index in [0.717, 1.165) is 55.4 Å². The molecule has 0 aromatic heterocycles. The van der Waals surface area contributed by atoms with Crippen LogP contribution in [0.5, 0.6) is 11.5 Å². The minimum Gasteiger partial charge on any atom is -0.493 e. The van der Waals surface area contributed by atoms with E-state index in [2.05, 4.69) is 10.2 Å². The maximum atomic E-state index is 13.1. The molecule has 0 bridgehead atoms. The van der Waals surface area contributed by atoms with E-state index in [1.807, 2.05) is 30.3 Å². The molecule has 2 amide bonds. The Morgan fingerprint density at radius 2 is 1.89 bits per heavy atom. The monoisotopic (exact) mass is 497 g/mol. The summed E-state index contributed by atoms with van der Waals surface area (Å²) in [6, 6.07) is 11.0. The van der Waals surface area contributed by atoms with Crippen LogP contribution >= 0.6 is 11.8 Å². The fraction of sp³-hybridized carbons (Fsp3) is 0.385. The van der Waals surface area contributed by atoms with Crippen LogP contribution in [-0.4, -0.2) is 77.4 Å². The van der Waals surface area contributed by atoms with Gasteiger partial charge in [0.25, 0.3) is 11.8 Å². The number of methoxy groups -OCH3 is 2. The van der Waals surface area contributed by atoms with Crippen LogP contribution in [0, 0.1) is 0 Å². The van der Waals surface area contributed by atoms with Gasteiger partial charge in [-0.05, 0) is 54.9 Å². The van der Waals surface area contributed by atoms with Gasteiger partial charge in [0, 0.05) is 37.1 Å². The second kappa shape index (κ2) is 11.6. The zero-order valence-corrected chi connectivity index (χ0v) is 21.2. The van der Waals surface area contributed by atoms with Crippen LogP contribution in [0.25, 0.3) is 6.08 Å². The lowest BCUT2D eigenvalue weighted by atomic mass is 10.1. The third kappa shape index (κ3) is 5.98. The number of rotatable bonds is 8.